The van der Waals surface area contributed by atoms with Crippen molar-refractivity contribution in [2.24, 2.45) is 0 Å². The van der Waals surface area contributed by atoms with Gasteiger partial charge in [-0.3, -0.25) is 0 Å². The van der Waals surface area contributed by atoms with Crippen molar-refractivity contribution in [1.82, 2.24) is 4.98 Å². The Morgan fingerprint density at radius 2 is 1.94 bits per heavy atom. The van der Waals surface area contributed by atoms with E-state index in [1.807, 2.05) is 26.0 Å². The summed E-state index contributed by atoms with van der Waals surface area (Å²) in [6.45, 7) is 5.29. The van der Waals surface area contributed by atoms with Crippen molar-refractivity contribution in [3.63, 3.8) is 0 Å². The molecule has 0 aliphatic carbocycles. The normalized spacial score (nSPS) is 11.5. The van der Waals surface area contributed by atoms with Gasteiger partial charge in [-0.15, -0.1) is 0 Å². The van der Waals surface area contributed by atoms with Gasteiger partial charge in [-0.05, 0) is 37.7 Å². The first kappa shape index (κ1) is 13.4. The lowest BCUT2D eigenvalue weighted by Crippen LogP contribution is -2.20. The van der Waals surface area contributed by atoms with Crippen molar-refractivity contribution in [2.75, 3.05) is 19.0 Å². The minimum Gasteiger partial charge on any atom is -0.352 e. The molecular weight excluding hydrogens is 248 g/mol. The molecule has 0 unspecified atom stereocenters. The molecule has 1 aromatic heterocycles. The summed E-state index contributed by atoms with van der Waals surface area (Å²) < 4.78 is 11.0. The van der Waals surface area contributed by atoms with Gasteiger partial charge in [0.05, 0.1) is 5.75 Å². The fourth-order valence-electron chi connectivity index (χ4n) is 1.72. The number of para-hydroxylation sites is 2. The van der Waals surface area contributed by atoms with Gasteiger partial charge in [0.1, 0.15) is 0 Å². The highest BCUT2D eigenvalue weighted by atomic mass is 32.2. The minimum atomic E-state index is -0.148. The predicted molar refractivity (Wildman–Crippen MR) is 72.6 cm³/mol. The topological polar surface area (TPSA) is 48.4 Å². The summed E-state index contributed by atoms with van der Waals surface area (Å²) in [6.07, 6.45) is -0.148. The van der Waals surface area contributed by atoms with Gasteiger partial charge >= 0.3 is 5.16 Å². The van der Waals surface area contributed by atoms with Crippen molar-refractivity contribution in [3.05, 3.63) is 24.3 Å². The summed E-state index contributed by atoms with van der Waals surface area (Å²) in [5.74, 6) is 0.769. The zero-order chi connectivity index (χ0) is 12.8. The van der Waals surface area contributed by atoms with Crippen LogP contribution in [-0.2, 0) is 9.47 Å². The maximum Gasteiger partial charge on any atom is 0.314 e. The Kier molecular flexibility index (Phi) is 5.04. The highest BCUT2D eigenvalue weighted by molar-refractivity contribution is 7.99. The number of ether oxygens (including phenoxy) is 2. The minimum absolute atomic E-state index is 0.148. The molecule has 5 heteroatoms. The van der Waals surface area contributed by atoms with Crippen LogP contribution in [0, 0.1) is 0 Å². The molecule has 0 spiro atoms. The Bertz CT molecular complexity index is 448. The number of imidazole rings is 1. The van der Waals surface area contributed by atoms with Crippen molar-refractivity contribution < 1.29 is 14.5 Å². The number of aromatic amines is 2. The van der Waals surface area contributed by atoms with E-state index >= 15 is 0 Å². The van der Waals surface area contributed by atoms with Gasteiger partial charge in [-0.2, -0.15) is 0 Å². The summed E-state index contributed by atoms with van der Waals surface area (Å²) in [7, 11) is 0. The van der Waals surface area contributed by atoms with Gasteiger partial charge in [0.25, 0.3) is 0 Å². The molecule has 1 heterocycles. The Balaban J connectivity index is 1.95. The van der Waals surface area contributed by atoms with Crippen LogP contribution in [0.15, 0.2) is 29.4 Å². The Hall–Kier alpha value is -1.04. The fraction of sp³-hybridized carbons (Fsp3) is 0.462. The van der Waals surface area contributed by atoms with Gasteiger partial charge in [-0.25, -0.2) is 9.97 Å². The van der Waals surface area contributed by atoms with Gasteiger partial charge in [0, 0.05) is 13.2 Å². The van der Waals surface area contributed by atoms with Gasteiger partial charge < -0.3 is 9.47 Å². The second-order valence-electron chi connectivity index (χ2n) is 3.78. The largest absolute Gasteiger partial charge is 0.352 e. The van der Waals surface area contributed by atoms with Gasteiger partial charge in [-0.1, -0.05) is 12.1 Å². The van der Waals surface area contributed by atoms with Gasteiger partial charge in [0.2, 0.25) is 0 Å². The van der Waals surface area contributed by atoms with Crippen molar-refractivity contribution in [3.8, 4) is 0 Å². The molecule has 0 fully saturated rings. The average Bonchev–Trinajstić information content (AvgIpc) is 2.79. The molecule has 1 aromatic carbocycles. The first-order valence-electron chi connectivity index (χ1n) is 6.19. The standard InChI is InChI=1S/C13H18N2O2S/c1-3-16-12(17-4-2)9-18-13-14-10-7-5-6-8-11(10)15-13/h5-8,12H,3-4,9H2,1-2H3,(H,14,15)/p+1. The van der Waals surface area contributed by atoms with Crippen molar-refractivity contribution in [2.45, 2.75) is 25.3 Å². The molecule has 0 aliphatic rings. The smallest absolute Gasteiger partial charge is 0.314 e. The number of fused-ring (bicyclic) bond motifs is 1. The van der Waals surface area contributed by atoms with E-state index in [4.69, 9.17) is 9.47 Å². The average molecular weight is 267 g/mol. The van der Waals surface area contributed by atoms with E-state index < -0.39 is 0 Å². The van der Waals surface area contributed by atoms with E-state index in [1.54, 1.807) is 11.8 Å². The summed E-state index contributed by atoms with van der Waals surface area (Å²) in [5.41, 5.74) is 2.23. The second kappa shape index (κ2) is 6.78. The fourth-order valence-corrected chi connectivity index (χ4v) is 2.58. The molecule has 2 aromatic rings. The summed E-state index contributed by atoms with van der Waals surface area (Å²) in [6, 6.07) is 8.14. The molecule has 0 amide bonds. The number of nitrogens with one attached hydrogen (secondary N) is 2. The molecule has 0 atom stereocenters. The van der Waals surface area contributed by atoms with Crippen molar-refractivity contribution in [1.29, 1.82) is 0 Å². The molecule has 4 nitrogen and oxygen atoms in total. The number of rotatable bonds is 7. The molecule has 18 heavy (non-hydrogen) atoms. The lowest BCUT2D eigenvalue weighted by Gasteiger charge is -2.14. The molecular formula is C13H19N2O2S+. The molecule has 2 rings (SSSR count). The lowest BCUT2D eigenvalue weighted by molar-refractivity contribution is -0.396. The van der Waals surface area contributed by atoms with Crippen LogP contribution in [0.1, 0.15) is 13.8 Å². The number of aromatic nitrogens is 2. The third-order valence-electron chi connectivity index (χ3n) is 2.49. The van der Waals surface area contributed by atoms with Crippen LogP contribution < -0.4 is 4.98 Å². The number of hydrogen-bond donors (Lipinski definition) is 1. The number of benzene rings is 1. The Morgan fingerprint density at radius 1 is 1.22 bits per heavy atom. The SMILES string of the molecule is CCOC(CSc1[nH]c2ccccc2[nH+]1)OCC. The van der Waals surface area contributed by atoms with Crippen LogP contribution in [0.4, 0.5) is 0 Å². The molecule has 98 valence electrons. The van der Waals surface area contributed by atoms with Crippen LogP contribution in [0.25, 0.3) is 11.0 Å². The van der Waals surface area contributed by atoms with E-state index in [0.717, 1.165) is 21.9 Å². The first-order chi connectivity index (χ1) is 8.83. The monoisotopic (exact) mass is 267 g/mol. The van der Waals surface area contributed by atoms with Crippen molar-refractivity contribution >= 4 is 22.8 Å². The second-order valence-corrected chi connectivity index (χ2v) is 4.81. The number of H-pyrrole nitrogens is 2. The quantitative estimate of drug-likeness (QED) is 0.619. The molecule has 0 bridgehead atoms. The highest BCUT2D eigenvalue weighted by Gasteiger charge is 2.14. The van der Waals surface area contributed by atoms with Gasteiger partial charge in [0.15, 0.2) is 17.3 Å². The summed E-state index contributed by atoms with van der Waals surface area (Å²) in [5, 5.41) is 1.03. The zero-order valence-corrected chi connectivity index (χ0v) is 11.5. The molecule has 0 radical (unpaired) electrons. The van der Waals surface area contributed by atoms with E-state index in [2.05, 4.69) is 22.1 Å². The van der Waals surface area contributed by atoms with E-state index in [9.17, 15) is 0 Å². The van der Waals surface area contributed by atoms with E-state index in [0.29, 0.717) is 13.2 Å². The van der Waals surface area contributed by atoms with Crippen LogP contribution in [-0.4, -0.2) is 30.2 Å². The third-order valence-corrected chi connectivity index (χ3v) is 3.42. The van der Waals surface area contributed by atoms with E-state index in [-0.39, 0.29) is 6.29 Å². The van der Waals surface area contributed by atoms with Crippen LogP contribution in [0.2, 0.25) is 0 Å². The maximum absolute atomic E-state index is 5.51. The lowest BCUT2D eigenvalue weighted by atomic mass is 10.3. The molecule has 0 saturated heterocycles. The summed E-state index contributed by atoms with van der Waals surface area (Å²) in [4.78, 5) is 6.66. The highest BCUT2D eigenvalue weighted by Crippen LogP contribution is 2.17. The van der Waals surface area contributed by atoms with Crippen LogP contribution >= 0.6 is 11.8 Å². The maximum atomic E-state index is 5.51. The first-order valence-corrected chi connectivity index (χ1v) is 7.18. The third kappa shape index (κ3) is 3.48. The summed E-state index contributed by atoms with van der Waals surface area (Å²) >= 11 is 1.67. The van der Waals surface area contributed by atoms with Crippen LogP contribution in [0.5, 0.6) is 0 Å². The van der Waals surface area contributed by atoms with Crippen LogP contribution in [0.3, 0.4) is 0 Å². The molecule has 0 saturated carbocycles. The Labute approximate surface area is 111 Å². The Morgan fingerprint density at radius 3 is 2.61 bits per heavy atom. The zero-order valence-electron chi connectivity index (χ0n) is 10.7. The number of thioether (sulfide) groups is 1. The number of hydrogen-bond acceptors (Lipinski definition) is 3. The predicted octanol–water partition coefficient (Wildman–Crippen LogP) is 2.47. The molecule has 0 aliphatic heterocycles. The molecule has 2 N–H and O–H groups in total. The van der Waals surface area contributed by atoms with E-state index in [1.165, 1.54) is 0 Å².